The second-order valence-corrected chi connectivity index (χ2v) is 9.68. The van der Waals surface area contributed by atoms with Crippen LogP contribution in [0.25, 0.3) is 28.1 Å². The molecule has 4 aromatic rings. The van der Waals surface area contributed by atoms with Gasteiger partial charge in [-0.25, -0.2) is 9.79 Å². The first-order valence-corrected chi connectivity index (χ1v) is 12.8. The molecule has 3 heterocycles. The van der Waals surface area contributed by atoms with E-state index in [2.05, 4.69) is 20.3 Å². The second-order valence-electron chi connectivity index (χ2n) is 7.83. The number of fused-ring (bicyclic) bond motifs is 1. The fraction of sp³-hybridized carbons (Fsp3) is 0.0741. The number of thioether (sulfide) groups is 1. The third-order valence-electron chi connectivity index (χ3n) is 5.46. The van der Waals surface area contributed by atoms with E-state index in [9.17, 15) is 9.59 Å². The average molecular weight is 549 g/mol. The number of para-hydroxylation sites is 1. The molecule has 37 heavy (non-hydrogen) atoms. The van der Waals surface area contributed by atoms with Crippen molar-refractivity contribution >= 4 is 74.7 Å². The number of halogens is 2. The van der Waals surface area contributed by atoms with E-state index in [1.807, 2.05) is 30.3 Å². The summed E-state index contributed by atoms with van der Waals surface area (Å²) >= 11 is 13.6. The molecule has 1 N–H and O–H groups in total. The van der Waals surface area contributed by atoms with Gasteiger partial charge in [0, 0.05) is 29.5 Å². The molecule has 1 amide bonds. The molecule has 0 bridgehead atoms. The summed E-state index contributed by atoms with van der Waals surface area (Å²) in [6.45, 7) is 2.00. The van der Waals surface area contributed by atoms with Gasteiger partial charge in [-0.1, -0.05) is 35.3 Å². The van der Waals surface area contributed by atoms with Crippen molar-refractivity contribution in [2.24, 2.45) is 4.99 Å². The molecule has 2 aromatic heterocycles. The Labute approximate surface area is 226 Å². The molecule has 0 aliphatic carbocycles. The Hall–Kier alpha value is -3.72. The minimum atomic E-state index is -0.461. The number of hydrogen-bond donors (Lipinski definition) is 1. The van der Waals surface area contributed by atoms with E-state index >= 15 is 0 Å². The van der Waals surface area contributed by atoms with E-state index < -0.39 is 5.97 Å². The highest BCUT2D eigenvalue weighted by Gasteiger charge is 2.25. The first-order valence-electron chi connectivity index (χ1n) is 11.2. The van der Waals surface area contributed by atoms with Gasteiger partial charge in [0.15, 0.2) is 5.17 Å². The predicted molar refractivity (Wildman–Crippen MR) is 148 cm³/mol. The lowest BCUT2D eigenvalue weighted by Crippen LogP contribution is -2.19. The van der Waals surface area contributed by atoms with Crippen LogP contribution >= 0.6 is 35.0 Å². The predicted octanol–water partition coefficient (Wildman–Crippen LogP) is 6.67. The molecule has 0 radical (unpaired) electrons. The lowest BCUT2D eigenvalue weighted by molar-refractivity contribution is -0.115. The lowest BCUT2D eigenvalue weighted by atomic mass is 9.96. The van der Waals surface area contributed by atoms with Crippen molar-refractivity contribution in [2.75, 3.05) is 6.61 Å². The molecule has 1 aliphatic heterocycles. The Bertz CT molecular complexity index is 1590. The molecule has 0 unspecified atom stereocenters. The van der Waals surface area contributed by atoms with Gasteiger partial charge >= 0.3 is 5.97 Å². The number of carbonyl (C=O) groups excluding carboxylic acids is 2. The van der Waals surface area contributed by atoms with E-state index in [-0.39, 0.29) is 12.5 Å². The number of aliphatic imine (C=N–C) groups is 1. The van der Waals surface area contributed by atoms with Gasteiger partial charge in [0.25, 0.3) is 5.91 Å². The van der Waals surface area contributed by atoms with Crippen molar-refractivity contribution in [3.8, 4) is 11.1 Å². The van der Waals surface area contributed by atoms with Crippen LogP contribution in [0.5, 0.6) is 0 Å². The molecule has 0 spiro atoms. The number of nitrogens with one attached hydrogen (secondary N) is 1. The number of aromatic nitrogens is 2. The molecule has 2 aromatic carbocycles. The van der Waals surface area contributed by atoms with Crippen LogP contribution in [0.1, 0.15) is 22.8 Å². The zero-order valence-corrected chi connectivity index (χ0v) is 21.7. The van der Waals surface area contributed by atoms with E-state index in [1.165, 1.54) is 18.0 Å². The highest BCUT2D eigenvalue weighted by Crippen LogP contribution is 2.36. The van der Waals surface area contributed by atoms with Gasteiger partial charge in [-0.2, -0.15) is 0 Å². The molecule has 0 atom stereocenters. The molecule has 5 rings (SSSR count). The Balaban J connectivity index is 1.57. The van der Waals surface area contributed by atoms with Gasteiger partial charge in [0.05, 0.1) is 32.6 Å². The summed E-state index contributed by atoms with van der Waals surface area (Å²) in [5.74, 6) is -0.753. The van der Waals surface area contributed by atoms with Gasteiger partial charge in [-0.3, -0.25) is 14.8 Å². The van der Waals surface area contributed by atoms with Crippen LogP contribution in [-0.2, 0) is 9.53 Å². The normalized spacial score (nSPS) is 15.4. The maximum Gasteiger partial charge on any atom is 0.340 e. The maximum atomic E-state index is 12.7. The summed E-state index contributed by atoms with van der Waals surface area (Å²) in [7, 11) is 0. The smallest absolute Gasteiger partial charge is 0.340 e. The van der Waals surface area contributed by atoms with Crippen LogP contribution < -0.4 is 5.32 Å². The van der Waals surface area contributed by atoms with Crippen LogP contribution in [0.15, 0.2) is 77.0 Å². The SMILES string of the molecule is CCOC(=O)c1cnc2ccc(/C=C3\SC(=Nc4c(Cl)cccc4Cl)NC3=O)cc2c1-c1ccncc1. The lowest BCUT2D eigenvalue weighted by Gasteiger charge is -2.13. The number of nitrogens with zero attached hydrogens (tertiary/aromatic N) is 3. The summed E-state index contributed by atoms with van der Waals surface area (Å²) < 4.78 is 5.27. The summed E-state index contributed by atoms with van der Waals surface area (Å²) in [6.07, 6.45) is 6.60. The third kappa shape index (κ3) is 5.22. The van der Waals surface area contributed by atoms with Crippen LogP contribution in [0, 0.1) is 0 Å². The first kappa shape index (κ1) is 25.0. The van der Waals surface area contributed by atoms with Crippen molar-refractivity contribution < 1.29 is 14.3 Å². The van der Waals surface area contributed by atoms with Gasteiger partial charge in [-0.15, -0.1) is 0 Å². The van der Waals surface area contributed by atoms with Crippen molar-refractivity contribution in [1.29, 1.82) is 0 Å². The van der Waals surface area contributed by atoms with Crippen LogP contribution in [0.4, 0.5) is 5.69 Å². The quantitative estimate of drug-likeness (QED) is 0.221. The van der Waals surface area contributed by atoms with Gasteiger partial charge in [-0.05, 0) is 72.3 Å². The van der Waals surface area contributed by atoms with E-state index in [0.29, 0.717) is 42.4 Å². The van der Waals surface area contributed by atoms with Crippen molar-refractivity contribution in [2.45, 2.75) is 6.92 Å². The minimum absolute atomic E-state index is 0.244. The Morgan fingerprint density at radius 1 is 1.14 bits per heavy atom. The first-order chi connectivity index (χ1) is 17.9. The van der Waals surface area contributed by atoms with Gasteiger partial charge < -0.3 is 10.1 Å². The number of carbonyl (C=O) groups is 2. The fourth-order valence-corrected chi connectivity index (χ4v) is 5.13. The number of pyridine rings is 2. The minimum Gasteiger partial charge on any atom is -0.462 e. The fourth-order valence-electron chi connectivity index (χ4n) is 3.82. The third-order valence-corrected chi connectivity index (χ3v) is 6.98. The summed E-state index contributed by atoms with van der Waals surface area (Å²) in [4.78, 5) is 38.9. The standard InChI is InChI=1S/C27H18Cl2N4O3S/c1-2-36-26(35)18-14-31-21-7-6-15(12-17(21)23(18)16-8-10-30-11-9-16)13-22-25(34)33-27(37-22)32-24-19(28)4-3-5-20(24)29/h3-14H,2H2,1H3,(H,32,33,34)/b22-13-. The van der Waals surface area contributed by atoms with E-state index in [4.69, 9.17) is 27.9 Å². The molecule has 184 valence electrons. The monoisotopic (exact) mass is 548 g/mol. The Morgan fingerprint density at radius 2 is 1.89 bits per heavy atom. The zero-order chi connectivity index (χ0) is 25.9. The number of benzene rings is 2. The number of rotatable bonds is 5. The molecule has 0 saturated carbocycles. The molecular formula is C27H18Cl2N4O3S. The molecule has 10 heteroatoms. The average Bonchev–Trinajstić information content (AvgIpc) is 3.24. The zero-order valence-electron chi connectivity index (χ0n) is 19.4. The second kappa shape index (κ2) is 10.7. The van der Waals surface area contributed by atoms with Crippen molar-refractivity contribution in [1.82, 2.24) is 15.3 Å². The number of amides is 1. The van der Waals surface area contributed by atoms with Crippen molar-refractivity contribution in [3.05, 3.63) is 93.2 Å². The summed E-state index contributed by atoms with van der Waals surface area (Å²) in [5.41, 5.74) is 3.67. The number of hydrogen-bond acceptors (Lipinski definition) is 7. The molecule has 7 nitrogen and oxygen atoms in total. The number of amidine groups is 1. The summed E-state index contributed by atoms with van der Waals surface area (Å²) in [5, 5.41) is 4.63. The Morgan fingerprint density at radius 3 is 2.62 bits per heavy atom. The van der Waals surface area contributed by atoms with Crippen LogP contribution in [0.3, 0.4) is 0 Å². The topological polar surface area (TPSA) is 93.5 Å². The number of esters is 1. The van der Waals surface area contributed by atoms with E-state index in [1.54, 1.807) is 43.6 Å². The van der Waals surface area contributed by atoms with Crippen LogP contribution in [-0.4, -0.2) is 33.6 Å². The van der Waals surface area contributed by atoms with Crippen LogP contribution in [0.2, 0.25) is 10.0 Å². The Kier molecular flexibility index (Phi) is 7.23. The molecular weight excluding hydrogens is 531 g/mol. The van der Waals surface area contributed by atoms with Crippen molar-refractivity contribution in [3.63, 3.8) is 0 Å². The largest absolute Gasteiger partial charge is 0.462 e. The summed E-state index contributed by atoms with van der Waals surface area (Å²) in [6, 6.07) is 14.3. The highest BCUT2D eigenvalue weighted by molar-refractivity contribution is 8.18. The maximum absolute atomic E-state index is 12.7. The van der Waals surface area contributed by atoms with E-state index in [0.717, 1.165) is 16.5 Å². The molecule has 1 aliphatic rings. The molecule has 1 saturated heterocycles. The highest BCUT2D eigenvalue weighted by atomic mass is 35.5. The molecule has 1 fully saturated rings. The van der Waals surface area contributed by atoms with Gasteiger partial charge in [0.2, 0.25) is 0 Å². The van der Waals surface area contributed by atoms with Gasteiger partial charge in [0.1, 0.15) is 5.69 Å². The number of ether oxygens (including phenoxy) is 1.